The van der Waals surface area contributed by atoms with Gasteiger partial charge in [0.25, 0.3) is 0 Å². The average Bonchev–Trinajstić information content (AvgIpc) is 2.48. The second-order valence-electron chi connectivity index (χ2n) is 4.15. The highest BCUT2D eigenvalue weighted by molar-refractivity contribution is 5.99. The van der Waals surface area contributed by atoms with Crippen LogP contribution in [0.1, 0.15) is 24.2 Å². The van der Waals surface area contributed by atoms with Crippen molar-refractivity contribution in [1.82, 2.24) is 0 Å². The molecule has 0 aliphatic rings. The molecule has 0 bridgehead atoms. The van der Waals surface area contributed by atoms with Crippen LogP contribution in [0.3, 0.4) is 0 Å². The molecule has 0 heterocycles. The summed E-state index contributed by atoms with van der Waals surface area (Å²) in [5, 5.41) is 11.8. The van der Waals surface area contributed by atoms with E-state index in [4.69, 9.17) is 15.7 Å². The molecule has 0 saturated heterocycles. The van der Waals surface area contributed by atoms with Crippen molar-refractivity contribution in [3.63, 3.8) is 0 Å². The molecule has 0 saturated carbocycles. The number of benzene rings is 2. The predicted molar refractivity (Wildman–Crippen MR) is 74.4 cm³/mol. The van der Waals surface area contributed by atoms with Gasteiger partial charge in [0.05, 0.1) is 5.56 Å². The molecule has 0 amide bonds. The number of ether oxygens (including phenoxy) is 1. The Hall–Kier alpha value is -2.49. The van der Waals surface area contributed by atoms with Crippen LogP contribution in [-0.2, 0) is 0 Å². The van der Waals surface area contributed by atoms with E-state index in [0.29, 0.717) is 11.3 Å². The molecule has 0 aliphatic carbocycles. The molecule has 3 N–H and O–H groups in total. The first-order chi connectivity index (χ1) is 9.22. The number of nitrogens with zero attached hydrogens (tertiary/aromatic N) is 1. The van der Waals surface area contributed by atoms with Crippen molar-refractivity contribution in [3.05, 3.63) is 65.7 Å². The molecule has 19 heavy (non-hydrogen) atoms. The van der Waals surface area contributed by atoms with Gasteiger partial charge < -0.3 is 15.7 Å². The summed E-state index contributed by atoms with van der Waals surface area (Å²) in [7, 11) is 0. The first-order valence-corrected chi connectivity index (χ1v) is 6.01. The highest BCUT2D eigenvalue weighted by atomic mass is 16.5. The van der Waals surface area contributed by atoms with Gasteiger partial charge in [-0.05, 0) is 24.6 Å². The van der Waals surface area contributed by atoms with Crippen LogP contribution in [0.25, 0.3) is 0 Å². The van der Waals surface area contributed by atoms with Gasteiger partial charge in [-0.2, -0.15) is 0 Å². The van der Waals surface area contributed by atoms with Gasteiger partial charge >= 0.3 is 0 Å². The van der Waals surface area contributed by atoms with E-state index in [-0.39, 0.29) is 11.9 Å². The number of para-hydroxylation sites is 1. The summed E-state index contributed by atoms with van der Waals surface area (Å²) in [6, 6.07) is 17.1. The van der Waals surface area contributed by atoms with Gasteiger partial charge in [0, 0.05) is 0 Å². The number of hydrogen-bond donors (Lipinski definition) is 2. The molecular formula is C15H16N2O2. The van der Waals surface area contributed by atoms with Crippen LogP contribution >= 0.6 is 0 Å². The molecule has 4 nitrogen and oxygen atoms in total. The molecule has 4 heteroatoms. The van der Waals surface area contributed by atoms with Crippen molar-refractivity contribution in [2.75, 3.05) is 0 Å². The molecule has 0 fully saturated rings. The van der Waals surface area contributed by atoms with Crippen molar-refractivity contribution in [3.8, 4) is 5.75 Å². The number of hydrogen-bond acceptors (Lipinski definition) is 3. The minimum absolute atomic E-state index is 0.0378. The van der Waals surface area contributed by atoms with Crippen molar-refractivity contribution in [2.24, 2.45) is 10.9 Å². The summed E-state index contributed by atoms with van der Waals surface area (Å²) >= 11 is 0. The maximum Gasteiger partial charge on any atom is 0.173 e. The number of rotatable bonds is 4. The molecule has 0 radical (unpaired) electrons. The summed E-state index contributed by atoms with van der Waals surface area (Å²) in [4.78, 5) is 0. The fraction of sp³-hybridized carbons (Fsp3) is 0.133. The first kappa shape index (κ1) is 13.0. The van der Waals surface area contributed by atoms with E-state index in [0.717, 1.165) is 5.56 Å². The molecule has 2 aromatic rings. The Balaban J connectivity index is 2.24. The van der Waals surface area contributed by atoms with E-state index in [1.165, 1.54) is 0 Å². The number of nitrogens with two attached hydrogens (primary N) is 1. The summed E-state index contributed by atoms with van der Waals surface area (Å²) in [6.07, 6.45) is -0.117. The van der Waals surface area contributed by atoms with Crippen LogP contribution in [0.2, 0.25) is 0 Å². The van der Waals surface area contributed by atoms with E-state index in [1.807, 2.05) is 49.4 Å². The standard InChI is InChI=1S/C15H16N2O2/c1-11(12-7-3-2-4-8-12)19-14-10-6-5-9-13(14)15(16)17-18/h2-11,18H,1H3,(H2,16,17). The van der Waals surface area contributed by atoms with E-state index < -0.39 is 0 Å². The van der Waals surface area contributed by atoms with Crippen LogP contribution in [0.15, 0.2) is 59.8 Å². The van der Waals surface area contributed by atoms with Gasteiger partial charge in [-0.15, -0.1) is 0 Å². The summed E-state index contributed by atoms with van der Waals surface area (Å²) in [6.45, 7) is 1.96. The maximum absolute atomic E-state index is 8.77. The van der Waals surface area contributed by atoms with Crippen molar-refractivity contribution in [2.45, 2.75) is 13.0 Å². The largest absolute Gasteiger partial charge is 0.485 e. The van der Waals surface area contributed by atoms with Gasteiger partial charge in [0.15, 0.2) is 5.84 Å². The van der Waals surface area contributed by atoms with Crippen LogP contribution in [0.5, 0.6) is 5.75 Å². The third-order valence-electron chi connectivity index (χ3n) is 2.84. The molecular weight excluding hydrogens is 240 g/mol. The minimum Gasteiger partial charge on any atom is -0.485 e. The van der Waals surface area contributed by atoms with Gasteiger partial charge in [0.1, 0.15) is 11.9 Å². The second-order valence-corrected chi connectivity index (χ2v) is 4.15. The Labute approximate surface area is 112 Å². The normalized spacial score (nSPS) is 13.0. The average molecular weight is 256 g/mol. The van der Waals surface area contributed by atoms with E-state index in [1.54, 1.807) is 12.1 Å². The second kappa shape index (κ2) is 5.91. The van der Waals surface area contributed by atoms with Crippen LogP contribution in [0, 0.1) is 0 Å². The lowest BCUT2D eigenvalue weighted by molar-refractivity contribution is 0.226. The molecule has 2 aromatic carbocycles. The molecule has 0 aromatic heterocycles. The zero-order valence-electron chi connectivity index (χ0n) is 10.7. The van der Waals surface area contributed by atoms with E-state index in [2.05, 4.69) is 5.16 Å². The molecule has 98 valence electrons. The highest BCUT2D eigenvalue weighted by Gasteiger charge is 2.12. The van der Waals surface area contributed by atoms with Gasteiger partial charge in [-0.3, -0.25) is 0 Å². The summed E-state index contributed by atoms with van der Waals surface area (Å²) in [5.74, 6) is 0.630. The quantitative estimate of drug-likeness (QED) is 0.382. The van der Waals surface area contributed by atoms with Crippen LogP contribution in [-0.4, -0.2) is 11.0 Å². The van der Waals surface area contributed by atoms with E-state index >= 15 is 0 Å². The zero-order chi connectivity index (χ0) is 13.7. The van der Waals surface area contributed by atoms with Crippen LogP contribution < -0.4 is 10.5 Å². The fourth-order valence-electron chi connectivity index (χ4n) is 1.82. The Morgan fingerprint density at radius 2 is 1.74 bits per heavy atom. The molecule has 1 atom stereocenters. The Bertz CT molecular complexity index is 567. The lowest BCUT2D eigenvalue weighted by Gasteiger charge is -2.17. The molecule has 1 unspecified atom stereocenters. The van der Waals surface area contributed by atoms with Crippen molar-refractivity contribution < 1.29 is 9.94 Å². The smallest absolute Gasteiger partial charge is 0.173 e. The number of oxime groups is 1. The molecule has 2 rings (SSSR count). The first-order valence-electron chi connectivity index (χ1n) is 6.01. The maximum atomic E-state index is 8.77. The van der Waals surface area contributed by atoms with Gasteiger partial charge in [-0.1, -0.05) is 47.6 Å². The zero-order valence-corrected chi connectivity index (χ0v) is 10.7. The van der Waals surface area contributed by atoms with Gasteiger partial charge in [-0.25, -0.2) is 0 Å². The third-order valence-corrected chi connectivity index (χ3v) is 2.84. The third kappa shape index (κ3) is 3.04. The Kier molecular flexibility index (Phi) is 4.03. The molecule has 0 spiro atoms. The fourth-order valence-corrected chi connectivity index (χ4v) is 1.82. The highest BCUT2D eigenvalue weighted by Crippen LogP contribution is 2.24. The summed E-state index contributed by atoms with van der Waals surface area (Å²) in [5.41, 5.74) is 7.27. The summed E-state index contributed by atoms with van der Waals surface area (Å²) < 4.78 is 5.88. The van der Waals surface area contributed by atoms with Crippen LogP contribution in [0.4, 0.5) is 0 Å². The topological polar surface area (TPSA) is 67.8 Å². The SMILES string of the molecule is CC(Oc1ccccc1/C(N)=N/O)c1ccccc1. The molecule has 0 aliphatic heterocycles. The van der Waals surface area contributed by atoms with Crippen molar-refractivity contribution >= 4 is 5.84 Å². The van der Waals surface area contributed by atoms with E-state index in [9.17, 15) is 0 Å². The monoisotopic (exact) mass is 256 g/mol. The lowest BCUT2D eigenvalue weighted by Crippen LogP contribution is -2.15. The van der Waals surface area contributed by atoms with Gasteiger partial charge in [0.2, 0.25) is 0 Å². The predicted octanol–water partition coefficient (Wildman–Crippen LogP) is 2.92. The Morgan fingerprint density at radius 1 is 1.11 bits per heavy atom. The minimum atomic E-state index is -0.117. The number of amidine groups is 1. The van der Waals surface area contributed by atoms with Crippen molar-refractivity contribution in [1.29, 1.82) is 0 Å². The lowest BCUT2D eigenvalue weighted by atomic mass is 10.1. The Morgan fingerprint density at radius 3 is 2.42 bits per heavy atom.